The highest BCUT2D eigenvalue weighted by Crippen LogP contribution is 2.21. The van der Waals surface area contributed by atoms with Crippen LogP contribution in [0.4, 0.5) is 0 Å². The van der Waals surface area contributed by atoms with E-state index in [2.05, 4.69) is 24.1 Å². The lowest BCUT2D eigenvalue weighted by molar-refractivity contribution is 0.0514. The maximum absolute atomic E-state index is 12.5. The monoisotopic (exact) mass is 323 g/mol. The molecule has 0 spiro atoms. The average Bonchev–Trinajstić information content (AvgIpc) is 2.74. The van der Waals surface area contributed by atoms with Crippen molar-refractivity contribution in [3.63, 3.8) is 0 Å². The third-order valence-corrected chi connectivity index (χ3v) is 4.23. The predicted molar refractivity (Wildman–Crippen MR) is 91.0 cm³/mol. The van der Waals surface area contributed by atoms with E-state index in [1.807, 2.05) is 6.92 Å². The van der Waals surface area contributed by atoms with Crippen LogP contribution in [0.5, 0.6) is 0 Å². The Morgan fingerprint density at radius 2 is 1.78 bits per heavy atom. The van der Waals surface area contributed by atoms with Crippen molar-refractivity contribution in [3.05, 3.63) is 22.5 Å². The third kappa shape index (κ3) is 4.34. The molecule has 0 aliphatic carbocycles. The van der Waals surface area contributed by atoms with E-state index < -0.39 is 5.97 Å². The second-order valence-corrected chi connectivity index (χ2v) is 5.50. The molecule has 6 nitrogen and oxygen atoms in total. The molecule has 130 valence electrons. The zero-order valence-corrected chi connectivity index (χ0v) is 15.2. The summed E-state index contributed by atoms with van der Waals surface area (Å²) in [6.07, 6.45) is 0. The molecule has 1 aromatic rings. The van der Waals surface area contributed by atoms with Gasteiger partial charge in [0.05, 0.1) is 12.2 Å². The van der Waals surface area contributed by atoms with E-state index in [1.165, 1.54) is 0 Å². The number of aromatic nitrogens is 1. The second-order valence-electron chi connectivity index (χ2n) is 5.50. The average molecular weight is 323 g/mol. The fraction of sp³-hybridized carbons (Fsp3) is 0.647. The van der Waals surface area contributed by atoms with E-state index >= 15 is 0 Å². The summed E-state index contributed by atoms with van der Waals surface area (Å²) in [7, 11) is 1.78. The van der Waals surface area contributed by atoms with Crippen molar-refractivity contribution in [1.82, 2.24) is 14.8 Å². The van der Waals surface area contributed by atoms with Gasteiger partial charge in [0.2, 0.25) is 0 Å². The maximum Gasteiger partial charge on any atom is 0.355 e. The molecular formula is C17H29N3O3. The first-order chi connectivity index (χ1) is 10.9. The van der Waals surface area contributed by atoms with E-state index in [0.717, 1.165) is 25.3 Å². The van der Waals surface area contributed by atoms with E-state index in [9.17, 15) is 9.59 Å². The molecule has 0 saturated carbocycles. The number of hydrogen-bond donors (Lipinski definition) is 1. The van der Waals surface area contributed by atoms with Crippen LogP contribution in [0, 0.1) is 13.8 Å². The summed E-state index contributed by atoms with van der Waals surface area (Å²) in [4.78, 5) is 26.8. The highest BCUT2D eigenvalue weighted by molar-refractivity contribution is 6.01. The van der Waals surface area contributed by atoms with Crippen LogP contribution in [0.15, 0.2) is 0 Å². The Balaban J connectivity index is 2.89. The topological polar surface area (TPSA) is 63.6 Å². The molecule has 1 rings (SSSR count). The van der Waals surface area contributed by atoms with Crippen LogP contribution in [0.3, 0.4) is 0 Å². The Hall–Kier alpha value is -1.82. The molecule has 0 saturated heterocycles. The minimum absolute atomic E-state index is 0.140. The fourth-order valence-electron chi connectivity index (χ4n) is 2.76. The van der Waals surface area contributed by atoms with Crippen molar-refractivity contribution in [2.24, 2.45) is 7.05 Å². The molecule has 0 aromatic carbocycles. The van der Waals surface area contributed by atoms with Gasteiger partial charge in [-0.05, 0) is 39.4 Å². The summed E-state index contributed by atoms with van der Waals surface area (Å²) < 4.78 is 6.81. The van der Waals surface area contributed by atoms with Crippen molar-refractivity contribution in [3.8, 4) is 0 Å². The zero-order chi connectivity index (χ0) is 17.6. The molecule has 6 heteroatoms. The molecule has 0 bridgehead atoms. The first kappa shape index (κ1) is 19.2. The lowest BCUT2D eigenvalue weighted by atomic mass is 10.1. The normalized spacial score (nSPS) is 10.9. The lowest BCUT2D eigenvalue weighted by Crippen LogP contribution is -2.35. The zero-order valence-electron chi connectivity index (χ0n) is 15.2. The van der Waals surface area contributed by atoms with Gasteiger partial charge in [0.1, 0.15) is 5.69 Å². The first-order valence-corrected chi connectivity index (χ1v) is 8.22. The van der Waals surface area contributed by atoms with Gasteiger partial charge in [0.15, 0.2) is 0 Å². The molecule has 1 heterocycles. The molecule has 1 amide bonds. The number of amides is 1. The van der Waals surface area contributed by atoms with E-state index in [-0.39, 0.29) is 5.91 Å². The summed E-state index contributed by atoms with van der Waals surface area (Å²) in [5.74, 6) is -0.531. The number of nitrogens with zero attached hydrogens (tertiary/aromatic N) is 2. The number of nitrogens with one attached hydrogen (secondary N) is 1. The highest BCUT2D eigenvalue weighted by Gasteiger charge is 2.25. The van der Waals surface area contributed by atoms with Gasteiger partial charge in [0.25, 0.3) is 5.91 Å². The quantitative estimate of drug-likeness (QED) is 0.742. The van der Waals surface area contributed by atoms with Gasteiger partial charge >= 0.3 is 5.97 Å². The molecule has 1 aromatic heterocycles. The summed E-state index contributed by atoms with van der Waals surface area (Å²) >= 11 is 0. The van der Waals surface area contributed by atoms with Crippen LogP contribution in [0.2, 0.25) is 0 Å². The van der Waals surface area contributed by atoms with Crippen LogP contribution in [0.25, 0.3) is 0 Å². The molecule has 0 atom stereocenters. The van der Waals surface area contributed by atoms with Crippen LogP contribution in [0.1, 0.15) is 52.9 Å². The number of likely N-dealkylation sites (N-methyl/N-ethyl adjacent to an activating group) is 1. The molecular weight excluding hydrogens is 294 g/mol. The van der Waals surface area contributed by atoms with Gasteiger partial charge in [-0.3, -0.25) is 4.79 Å². The van der Waals surface area contributed by atoms with Gasteiger partial charge in [-0.25, -0.2) is 4.79 Å². The number of carbonyl (C=O) groups excluding carboxylic acids is 2. The molecule has 0 radical (unpaired) electrons. The van der Waals surface area contributed by atoms with Crippen molar-refractivity contribution >= 4 is 11.9 Å². The molecule has 0 fully saturated rings. The lowest BCUT2D eigenvalue weighted by Gasteiger charge is -2.18. The Morgan fingerprint density at radius 1 is 1.17 bits per heavy atom. The summed E-state index contributed by atoms with van der Waals surface area (Å²) in [6, 6.07) is 0. The van der Waals surface area contributed by atoms with Crippen LogP contribution in [-0.2, 0) is 11.8 Å². The molecule has 23 heavy (non-hydrogen) atoms. The number of esters is 1. The summed E-state index contributed by atoms with van der Waals surface area (Å²) in [5, 5.41) is 2.95. The third-order valence-electron chi connectivity index (χ3n) is 4.23. The maximum atomic E-state index is 12.5. The van der Waals surface area contributed by atoms with Gasteiger partial charge in [-0.15, -0.1) is 0 Å². The Labute approximate surface area is 138 Å². The summed E-state index contributed by atoms with van der Waals surface area (Å²) in [5.41, 5.74) is 2.45. The second kappa shape index (κ2) is 8.72. The number of carbonyl (C=O) groups is 2. The van der Waals surface area contributed by atoms with Crippen LogP contribution >= 0.6 is 0 Å². The smallest absolute Gasteiger partial charge is 0.355 e. The van der Waals surface area contributed by atoms with Crippen molar-refractivity contribution < 1.29 is 14.3 Å². The van der Waals surface area contributed by atoms with Crippen molar-refractivity contribution in [1.29, 1.82) is 0 Å². The van der Waals surface area contributed by atoms with Gasteiger partial charge in [0, 0.05) is 25.8 Å². The van der Waals surface area contributed by atoms with E-state index in [4.69, 9.17) is 4.74 Å². The molecule has 0 aliphatic rings. The van der Waals surface area contributed by atoms with E-state index in [0.29, 0.717) is 30.0 Å². The van der Waals surface area contributed by atoms with E-state index in [1.54, 1.807) is 25.5 Å². The van der Waals surface area contributed by atoms with Crippen molar-refractivity contribution in [2.45, 2.75) is 34.6 Å². The van der Waals surface area contributed by atoms with Crippen molar-refractivity contribution in [2.75, 3.05) is 32.8 Å². The van der Waals surface area contributed by atoms with Gasteiger partial charge < -0.3 is 19.5 Å². The standard InChI is InChI=1S/C17H29N3O3/c1-7-20(8-2)11-10-18-16(21)14-12(4)15(17(22)23-9-3)19(6)13(14)5/h7-11H2,1-6H3,(H,18,21). The number of hydrogen-bond acceptors (Lipinski definition) is 4. The van der Waals surface area contributed by atoms with Crippen LogP contribution < -0.4 is 5.32 Å². The Bertz CT molecular complexity index is 560. The minimum Gasteiger partial charge on any atom is -0.461 e. The summed E-state index contributed by atoms with van der Waals surface area (Å²) in [6.45, 7) is 13.2. The number of ether oxygens (including phenoxy) is 1. The largest absolute Gasteiger partial charge is 0.461 e. The SMILES string of the molecule is CCOC(=O)c1c(C)c(C(=O)NCCN(CC)CC)c(C)n1C. The van der Waals surface area contributed by atoms with Gasteiger partial charge in [-0.1, -0.05) is 13.8 Å². The highest BCUT2D eigenvalue weighted by atomic mass is 16.5. The Morgan fingerprint density at radius 3 is 2.30 bits per heavy atom. The minimum atomic E-state index is -0.391. The predicted octanol–water partition coefficient (Wildman–Crippen LogP) is 1.89. The molecule has 0 unspecified atom stereocenters. The number of rotatable bonds is 8. The fourth-order valence-corrected chi connectivity index (χ4v) is 2.76. The first-order valence-electron chi connectivity index (χ1n) is 8.22. The Kier molecular flexibility index (Phi) is 7.29. The molecule has 1 N–H and O–H groups in total. The van der Waals surface area contributed by atoms with Crippen LogP contribution in [-0.4, -0.2) is 54.1 Å². The molecule has 0 aliphatic heterocycles. The van der Waals surface area contributed by atoms with Gasteiger partial charge in [-0.2, -0.15) is 0 Å².